The molecular weight excluding hydrogens is 450 g/mol. The lowest BCUT2D eigenvalue weighted by atomic mass is 10.2. The van der Waals surface area contributed by atoms with E-state index in [1.807, 2.05) is 6.07 Å². The molecule has 172 valence electrons. The van der Waals surface area contributed by atoms with Gasteiger partial charge in [-0.05, 0) is 30.3 Å². The van der Waals surface area contributed by atoms with Crippen LogP contribution in [0.4, 0.5) is 17.1 Å². The highest BCUT2D eigenvalue weighted by atomic mass is 32.2. The quantitative estimate of drug-likeness (QED) is 0.371. The van der Waals surface area contributed by atoms with Gasteiger partial charge in [0.1, 0.15) is 23.7 Å². The van der Waals surface area contributed by atoms with Crippen molar-refractivity contribution in [2.75, 3.05) is 29.5 Å². The van der Waals surface area contributed by atoms with E-state index in [1.54, 1.807) is 48.5 Å². The molecule has 33 heavy (non-hydrogen) atoms. The SMILES string of the molecule is COc1ccc([N+](=O)[O-])cc1N(CC(=O)Nc1ccccc1Oc1ccccc1)S(C)(=O)=O. The minimum Gasteiger partial charge on any atom is -0.495 e. The maximum atomic E-state index is 12.8. The van der Waals surface area contributed by atoms with Gasteiger partial charge in [-0.2, -0.15) is 0 Å². The van der Waals surface area contributed by atoms with Crippen LogP contribution < -0.4 is 19.1 Å². The molecule has 10 nitrogen and oxygen atoms in total. The number of sulfonamides is 1. The van der Waals surface area contributed by atoms with E-state index in [1.165, 1.54) is 19.2 Å². The summed E-state index contributed by atoms with van der Waals surface area (Å²) in [6.45, 7) is -0.643. The van der Waals surface area contributed by atoms with E-state index in [4.69, 9.17) is 9.47 Å². The molecule has 0 aromatic heterocycles. The monoisotopic (exact) mass is 471 g/mol. The molecule has 3 rings (SSSR count). The number of nitrogens with zero attached hydrogens (tertiary/aromatic N) is 2. The van der Waals surface area contributed by atoms with Crippen molar-refractivity contribution in [2.45, 2.75) is 0 Å². The van der Waals surface area contributed by atoms with Gasteiger partial charge in [0.15, 0.2) is 5.75 Å². The van der Waals surface area contributed by atoms with Gasteiger partial charge in [0.05, 0.1) is 24.0 Å². The Morgan fingerprint density at radius 1 is 1.03 bits per heavy atom. The molecule has 0 fully saturated rings. The second-order valence-electron chi connectivity index (χ2n) is 6.84. The summed E-state index contributed by atoms with van der Waals surface area (Å²) in [5.41, 5.74) is -0.148. The van der Waals surface area contributed by atoms with E-state index in [0.29, 0.717) is 17.2 Å². The maximum absolute atomic E-state index is 12.8. The third-order valence-electron chi connectivity index (χ3n) is 4.46. The minimum atomic E-state index is -4.00. The van der Waals surface area contributed by atoms with Crippen LogP contribution in [0.25, 0.3) is 0 Å². The Balaban J connectivity index is 1.88. The van der Waals surface area contributed by atoms with Gasteiger partial charge in [0.2, 0.25) is 15.9 Å². The summed E-state index contributed by atoms with van der Waals surface area (Å²) in [5, 5.41) is 13.8. The molecule has 0 radical (unpaired) electrons. The molecule has 3 aromatic carbocycles. The number of para-hydroxylation sites is 3. The van der Waals surface area contributed by atoms with Gasteiger partial charge in [-0.1, -0.05) is 30.3 Å². The van der Waals surface area contributed by atoms with E-state index in [-0.39, 0.29) is 17.1 Å². The number of hydrogen-bond acceptors (Lipinski definition) is 7. The van der Waals surface area contributed by atoms with E-state index in [2.05, 4.69) is 5.32 Å². The Labute approximate surface area is 190 Å². The largest absolute Gasteiger partial charge is 0.495 e. The summed E-state index contributed by atoms with van der Waals surface area (Å²) in [5.74, 6) is 0.291. The van der Waals surface area contributed by atoms with Gasteiger partial charge >= 0.3 is 0 Å². The van der Waals surface area contributed by atoms with Crippen LogP contribution >= 0.6 is 0 Å². The zero-order valence-electron chi connectivity index (χ0n) is 17.8. The van der Waals surface area contributed by atoms with E-state index in [9.17, 15) is 23.3 Å². The molecule has 0 spiro atoms. The fraction of sp³-hybridized carbons (Fsp3) is 0.136. The normalized spacial score (nSPS) is 10.8. The van der Waals surface area contributed by atoms with Gasteiger partial charge in [-0.25, -0.2) is 8.42 Å². The van der Waals surface area contributed by atoms with Crippen LogP contribution in [0.1, 0.15) is 0 Å². The fourth-order valence-corrected chi connectivity index (χ4v) is 3.81. The van der Waals surface area contributed by atoms with Crippen molar-refractivity contribution in [3.05, 3.63) is 82.9 Å². The zero-order valence-corrected chi connectivity index (χ0v) is 18.6. The van der Waals surface area contributed by atoms with Crippen molar-refractivity contribution in [3.63, 3.8) is 0 Å². The number of rotatable bonds is 9. The van der Waals surface area contributed by atoms with Crippen LogP contribution in [-0.2, 0) is 14.8 Å². The van der Waals surface area contributed by atoms with E-state index < -0.39 is 27.4 Å². The number of nitro benzene ring substituents is 1. The molecule has 0 aliphatic heterocycles. The Kier molecular flexibility index (Phi) is 7.13. The predicted molar refractivity (Wildman–Crippen MR) is 123 cm³/mol. The van der Waals surface area contributed by atoms with Gasteiger partial charge in [0.25, 0.3) is 5.69 Å². The second-order valence-corrected chi connectivity index (χ2v) is 8.75. The lowest BCUT2D eigenvalue weighted by molar-refractivity contribution is -0.384. The number of non-ortho nitro benzene ring substituents is 1. The molecule has 0 aliphatic carbocycles. The first-order valence-electron chi connectivity index (χ1n) is 9.61. The molecule has 0 bridgehead atoms. The van der Waals surface area contributed by atoms with Crippen LogP contribution in [0.5, 0.6) is 17.2 Å². The van der Waals surface area contributed by atoms with Crippen molar-refractivity contribution >= 4 is 33.0 Å². The lowest BCUT2D eigenvalue weighted by Gasteiger charge is -2.23. The molecule has 3 aromatic rings. The van der Waals surface area contributed by atoms with Gasteiger partial charge < -0.3 is 14.8 Å². The maximum Gasteiger partial charge on any atom is 0.271 e. The standard InChI is InChI=1S/C22H21N3O7S/c1-31-21-13-12-16(25(27)28)14-19(21)24(33(2,29)30)15-22(26)23-18-10-6-7-11-20(18)32-17-8-4-3-5-9-17/h3-14H,15H2,1-2H3,(H,23,26). The first-order valence-corrected chi connectivity index (χ1v) is 11.5. The van der Waals surface area contributed by atoms with E-state index in [0.717, 1.165) is 16.6 Å². The third kappa shape index (κ3) is 5.98. The average molecular weight is 471 g/mol. The van der Waals surface area contributed by atoms with Gasteiger partial charge in [-0.3, -0.25) is 19.2 Å². The van der Waals surface area contributed by atoms with Crippen LogP contribution in [0.2, 0.25) is 0 Å². The van der Waals surface area contributed by atoms with Gasteiger partial charge in [0, 0.05) is 12.1 Å². The van der Waals surface area contributed by atoms with Crippen molar-refractivity contribution in [3.8, 4) is 17.2 Å². The Hall–Kier alpha value is -4.12. The topological polar surface area (TPSA) is 128 Å². The number of ether oxygens (including phenoxy) is 2. The molecule has 0 unspecified atom stereocenters. The molecule has 0 heterocycles. The highest BCUT2D eigenvalue weighted by molar-refractivity contribution is 7.92. The number of carbonyl (C=O) groups excluding carboxylic acids is 1. The predicted octanol–water partition coefficient (Wildman–Crippen LogP) is 3.80. The Bertz CT molecular complexity index is 1260. The van der Waals surface area contributed by atoms with Crippen molar-refractivity contribution in [2.24, 2.45) is 0 Å². The average Bonchev–Trinajstić information content (AvgIpc) is 2.78. The fourth-order valence-electron chi connectivity index (χ4n) is 2.96. The molecular formula is C22H21N3O7S. The summed E-state index contributed by atoms with van der Waals surface area (Å²) in [4.78, 5) is 23.3. The van der Waals surface area contributed by atoms with Crippen molar-refractivity contribution < 1.29 is 27.6 Å². The van der Waals surface area contributed by atoms with Crippen LogP contribution in [0.15, 0.2) is 72.8 Å². The molecule has 0 saturated heterocycles. The Morgan fingerprint density at radius 2 is 1.70 bits per heavy atom. The molecule has 0 aliphatic rings. The number of carbonyl (C=O) groups is 1. The number of hydrogen-bond donors (Lipinski definition) is 1. The first kappa shape index (κ1) is 23.5. The molecule has 11 heteroatoms. The lowest BCUT2D eigenvalue weighted by Crippen LogP contribution is -2.37. The number of methoxy groups -OCH3 is 1. The number of benzene rings is 3. The second kappa shape index (κ2) is 10.0. The molecule has 0 atom stereocenters. The summed E-state index contributed by atoms with van der Waals surface area (Å²) in [6, 6.07) is 19.1. The number of nitro groups is 1. The van der Waals surface area contributed by atoms with Crippen molar-refractivity contribution in [1.82, 2.24) is 0 Å². The number of nitrogens with one attached hydrogen (secondary N) is 1. The summed E-state index contributed by atoms with van der Waals surface area (Å²) in [7, 11) is -2.71. The number of anilines is 2. The number of amides is 1. The van der Waals surface area contributed by atoms with Crippen molar-refractivity contribution in [1.29, 1.82) is 0 Å². The summed E-state index contributed by atoms with van der Waals surface area (Å²) < 4.78 is 36.7. The highest BCUT2D eigenvalue weighted by Gasteiger charge is 2.26. The van der Waals surface area contributed by atoms with Crippen LogP contribution in [0, 0.1) is 10.1 Å². The minimum absolute atomic E-state index is 0.0617. The summed E-state index contributed by atoms with van der Waals surface area (Å²) in [6.07, 6.45) is 0.894. The van der Waals surface area contributed by atoms with Crippen LogP contribution in [-0.4, -0.2) is 39.2 Å². The van der Waals surface area contributed by atoms with Crippen LogP contribution in [0.3, 0.4) is 0 Å². The Morgan fingerprint density at radius 3 is 2.33 bits per heavy atom. The first-order chi connectivity index (χ1) is 15.7. The highest BCUT2D eigenvalue weighted by Crippen LogP contribution is 2.34. The summed E-state index contributed by atoms with van der Waals surface area (Å²) >= 11 is 0. The zero-order chi connectivity index (χ0) is 24.0. The molecule has 0 saturated carbocycles. The van der Waals surface area contributed by atoms with Gasteiger partial charge in [-0.15, -0.1) is 0 Å². The smallest absolute Gasteiger partial charge is 0.271 e. The molecule has 1 amide bonds. The third-order valence-corrected chi connectivity index (χ3v) is 5.59. The van der Waals surface area contributed by atoms with E-state index >= 15 is 0 Å². The molecule has 1 N–H and O–H groups in total.